The summed E-state index contributed by atoms with van der Waals surface area (Å²) in [4.78, 5) is 11.0. The molecule has 0 fully saturated rings. The molecule has 6 nitrogen and oxygen atoms in total. The van der Waals surface area contributed by atoms with Crippen molar-refractivity contribution in [1.82, 2.24) is 0 Å². The van der Waals surface area contributed by atoms with Gasteiger partial charge in [0.15, 0.2) is 0 Å². The maximum atomic E-state index is 13.8. The van der Waals surface area contributed by atoms with E-state index >= 15 is 0 Å². The van der Waals surface area contributed by atoms with Crippen LogP contribution < -0.4 is 4.31 Å². The van der Waals surface area contributed by atoms with Crippen LogP contribution >= 0.6 is 0 Å². The summed E-state index contributed by atoms with van der Waals surface area (Å²) in [6.07, 6.45) is 2.46. The summed E-state index contributed by atoms with van der Waals surface area (Å²) in [6, 6.07) is 16.8. The molecule has 0 saturated heterocycles. The Labute approximate surface area is 188 Å². The number of phenolic OH excluding ortho intramolecular Hbond substituents is 1. The van der Waals surface area contributed by atoms with Crippen LogP contribution in [0, 0.1) is 20.8 Å². The molecule has 0 aliphatic rings. The number of carboxylic acids is 1. The van der Waals surface area contributed by atoms with Crippen molar-refractivity contribution in [2.45, 2.75) is 32.2 Å². The lowest BCUT2D eigenvalue weighted by Gasteiger charge is -2.27. The van der Waals surface area contributed by atoms with Crippen molar-refractivity contribution in [1.29, 1.82) is 0 Å². The van der Waals surface area contributed by atoms with Crippen molar-refractivity contribution < 1.29 is 23.4 Å². The number of benzene rings is 3. The molecule has 3 aromatic rings. The topological polar surface area (TPSA) is 94.9 Å². The Morgan fingerprint density at radius 1 is 0.969 bits per heavy atom. The Hall–Kier alpha value is -3.58. The predicted molar refractivity (Wildman–Crippen MR) is 125 cm³/mol. The van der Waals surface area contributed by atoms with E-state index in [1.165, 1.54) is 22.5 Å². The summed E-state index contributed by atoms with van der Waals surface area (Å²) in [5.41, 5.74) is 3.99. The first kappa shape index (κ1) is 23.1. The second-order valence-electron chi connectivity index (χ2n) is 7.67. The van der Waals surface area contributed by atoms with Crippen LogP contribution in [0.2, 0.25) is 0 Å². The molecule has 0 bridgehead atoms. The van der Waals surface area contributed by atoms with Gasteiger partial charge >= 0.3 is 5.97 Å². The highest BCUT2D eigenvalue weighted by Gasteiger charge is 2.28. The largest absolute Gasteiger partial charge is 0.508 e. The summed E-state index contributed by atoms with van der Waals surface area (Å²) < 4.78 is 29.0. The minimum atomic E-state index is -3.94. The molecule has 0 atom stereocenters. The Morgan fingerprint density at radius 2 is 1.59 bits per heavy atom. The van der Waals surface area contributed by atoms with Crippen LogP contribution in [0.4, 0.5) is 5.69 Å². The third kappa shape index (κ3) is 5.18. The highest BCUT2D eigenvalue weighted by atomic mass is 32.2. The van der Waals surface area contributed by atoms with Gasteiger partial charge in [0, 0.05) is 6.08 Å². The molecule has 7 heteroatoms. The Balaban J connectivity index is 2.12. The number of hydrogen-bond donors (Lipinski definition) is 2. The number of aliphatic carboxylic acids is 1. The smallest absolute Gasteiger partial charge is 0.328 e. The molecule has 0 spiro atoms. The Kier molecular flexibility index (Phi) is 6.69. The zero-order chi connectivity index (χ0) is 23.5. The lowest BCUT2D eigenvalue weighted by molar-refractivity contribution is -0.131. The first-order chi connectivity index (χ1) is 15.1. The number of aryl methyl sites for hydroxylation is 3. The van der Waals surface area contributed by atoms with Gasteiger partial charge in [0.05, 0.1) is 17.1 Å². The number of anilines is 1. The normalized spacial score (nSPS) is 11.6. The molecule has 0 heterocycles. The summed E-state index contributed by atoms with van der Waals surface area (Å²) in [6.45, 7) is 5.50. The van der Waals surface area contributed by atoms with Crippen molar-refractivity contribution in [3.05, 3.63) is 94.6 Å². The zero-order valence-electron chi connectivity index (χ0n) is 18.1. The van der Waals surface area contributed by atoms with Gasteiger partial charge in [-0.25, -0.2) is 13.2 Å². The minimum Gasteiger partial charge on any atom is -0.508 e. The lowest BCUT2D eigenvalue weighted by atomic mass is 10.1. The molecule has 0 radical (unpaired) electrons. The standard InChI is InChI=1S/C25H25NO5S/c1-17-13-18(2)25(19(3)14-17)32(30,31)26(16-21-5-4-6-23(27)15-21)22-10-7-20(8-11-22)9-12-24(28)29/h4-15,27H,16H2,1-3H3,(H,28,29). The second-order valence-corrected chi connectivity index (χ2v) is 9.47. The fraction of sp³-hybridized carbons (Fsp3) is 0.160. The maximum absolute atomic E-state index is 13.8. The monoisotopic (exact) mass is 451 g/mol. The van der Waals surface area contributed by atoms with E-state index in [4.69, 9.17) is 5.11 Å². The van der Waals surface area contributed by atoms with Gasteiger partial charge in [0.1, 0.15) is 5.75 Å². The number of rotatable bonds is 7. The average Bonchev–Trinajstić information content (AvgIpc) is 2.70. The third-order valence-corrected chi connectivity index (χ3v) is 7.07. The lowest BCUT2D eigenvalue weighted by Crippen LogP contribution is -2.31. The minimum absolute atomic E-state index is 0.0216. The van der Waals surface area contributed by atoms with E-state index in [2.05, 4.69) is 0 Å². The van der Waals surface area contributed by atoms with E-state index < -0.39 is 16.0 Å². The molecule has 3 rings (SSSR count). The first-order valence-corrected chi connectivity index (χ1v) is 11.4. The SMILES string of the molecule is Cc1cc(C)c(S(=O)(=O)N(Cc2cccc(O)c2)c2ccc(C=CC(=O)O)cc2)c(C)c1. The molecule has 0 amide bonds. The van der Waals surface area contributed by atoms with Gasteiger partial charge in [0.2, 0.25) is 0 Å². The van der Waals surface area contributed by atoms with Crippen molar-refractivity contribution in [3.8, 4) is 5.75 Å². The van der Waals surface area contributed by atoms with E-state index in [1.54, 1.807) is 50.2 Å². The van der Waals surface area contributed by atoms with E-state index in [1.807, 2.05) is 19.1 Å². The summed E-state index contributed by atoms with van der Waals surface area (Å²) in [5, 5.41) is 18.7. The summed E-state index contributed by atoms with van der Waals surface area (Å²) in [5.74, 6) is -1.01. The highest BCUT2D eigenvalue weighted by molar-refractivity contribution is 7.92. The molecule has 2 N–H and O–H groups in total. The van der Waals surface area contributed by atoms with Gasteiger partial charge in [-0.3, -0.25) is 4.31 Å². The van der Waals surface area contributed by atoms with Crippen LogP contribution in [0.15, 0.2) is 71.6 Å². The first-order valence-electron chi connectivity index (χ1n) is 9.97. The van der Waals surface area contributed by atoms with Crippen LogP contribution in [0.3, 0.4) is 0 Å². The van der Waals surface area contributed by atoms with Gasteiger partial charge in [0.25, 0.3) is 10.0 Å². The Bertz CT molecular complexity index is 1250. The molecule has 0 unspecified atom stereocenters. The summed E-state index contributed by atoms with van der Waals surface area (Å²) in [7, 11) is -3.94. The fourth-order valence-electron chi connectivity index (χ4n) is 3.74. The van der Waals surface area contributed by atoms with E-state index in [0.29, 0.717) is 27.9 Å². The van der Waals surface area contributed by atoms with Crippen molar-refractivity contribution >= 4 is 27.8 Å². The van der Waals surface area contributed by atoms with Crippen LogP contribution in [0.1, 0.15) is 27.8 Å². The van der Waals surface area contributed by atoms with Crippen LogP contribution in [0.5, 0.6) is 5.75 Å². The third-order valence-electron chi connectivity index (χ3n) is 4.99. The van der Waals surface area contributed by atoms with Crippen LogP contribution in [-0.2, 0) is 21.4 Å². The number of nitrogens with zero attached hydrogens (tertiary/aromatic N) is 1. The van der Waals surface area contributed by atoms with E-state index in [9.17, 15) is 18.3 Å². The van der Waals surface area contributed by atoms with Crippen molar-refractivity contribution in [2.24, 2.45) is 0 Å². The highest BCUT2D eigenvalue weighted by Crippen LogP contribution is 2.31. The molecule has 0 aliphatic carbocycles. The number of aromatic hydroxyl groups is 1. The van der Waals surface area contributed by atoms with E-state index in [-0.39, 0.29) is 17.2 Å². The molecule has 0 saturated carbocycles. The second kappa shape index (κ2) is 9.28. The molecule has 32 heavy (non-hydrogen) atoms. The Morgan fingerprint density at radius 3 is 2.16 bits per heavy atom. The van der Waals surface area contributed by atoms with Gasteiger partial charge < -0.3 is 10.2 Å². The predicted octanol–water partition coefficient (Wildman–Crippen LogP) is 4.81. The average molecular weight is 452 g/mol. The number of phenols is 1. The molecule has 0 aliphatic heterocycles. The molecular formula is C25H25NO5S. The maximum Gasteiger partial charge on any atom is 0.328 e. The van der Waals surface area contributed by atoms with Gasteiger partial charge in [-0.05, 0) is 73.4 Å². The van der Waals surface area contributed by atoms with Gasteiger partial charge in [-0.15, -0.1) is 0 Å². The molecule has 3 aromatic carbocycles. The van der Waals surface area contributed by atoms with Crippen molar-refractivity contribution in [3.63, 3.8) is 0 Å². The van der Waals surface area contributed by atoms with Crippen molar-refractivity contribution in [2.75, 3.05) is 4.31 Å². The number of carboxylic acid groups (broad SMARTS) is 1. The zero-order valence-corrected chi connectivity index (χ0v) is 18.9. The van der Waals surface area contributed by atoms with Crippen LogP contribution in [0.25, 0.3) is 6.08 Å². The van der Waals surface area contributed by atoms with Gasteiger partial charge in [-0.1, -0.05) is 42.0 Å². The summed E-state index contributed by atoms with van der Waals surface area (Å²) >= 11 is 0. The van der Waals surface area contributed by atoms with Crippen LogP contribution in [-0.4, -0.2) is 24.6 Å². The fourth-order valence-corrected chi connectivity index (χ4v) is 5.61. The van der Waals surface area contributed by atoms with E-state index in [0.717, 1.165) is 11.6 Å². The number of carbonyl (C=O) groups is 1. The molecule has 166 valence electrons. The number of sulfonamides is 1. The number of hydrogen-bond acceptors (Lipinski definition) is 4. The van der Waals surface area contributed by atoms with Gasteiger partial charge in [-0.2, -0.15) is 0 Å². The quantitative estimate of drug-likeness (QED) is 0.503. The molecule has 0 aromatic heterocycles. The molecular weight excluding hydrogens is 426 g/mol.